The summed E-state index contributed by atoms with van der Waals surface area (Å²) in [6, 6.07) is 0. The summed E-state index contributed by atoms with van der Waals surface area (Å²) >= 11 is 0. The summed E-state index contributed by atoms with van der Waals surface area (Å²) in [6.07, 6.45) is 2.77. The van der Waals surface area contributed by atoms with Gasteiger partial charge in [0.1, 0.15) is 0 Å². The molecule has 0 aromatic carbocycles. The molecule has 0 unspecified atom stereocenters. The highest BCUT2D eigenvalue weighted by atomic mass is 17.1. The van der Waals surface area contributed by atoms with E-state index >= 15 is 0 Å². The first-order valence-corrected chi connectivity index (χ1v) is 3.90. The first-order valence-electron chi connectivity index (χ1n) is 3.90. The van der Waals surface area contributed by atoms with Crippen molar-refractivity contribution in [3.8, 4) is 0 Å². The molecule has 3 nitrogen and oxygen atoms in total. The minimum Gasteiger partial charge on any atom is -0.300 e. The van der Waals surface area contributed by atoms with Gasteiger partial charge in [0.05, 0.1) is 5.41 Å². The maximum atomic E-state index is 10.9. The standard InChI is InChI=1S/C8H16O3/c1-4-5-6-8(2,3)7(9)11-10/h10H,4-6H2,1-3H3. The Labute approximate surface area is 67.3 Å². The molecule has 0 radical (unpaired) electrons. The van der Waals surface area contributed by atoms with Gasteiger partial charge in [-0.3, -0.25) is 0 Å². The molecular weight excluding hydrogens is 144 g/mol. The molecule has 0 atom stereocenters. The van der Waals surface area contributed by atoms with E-state index in [-0.39, 0.29) is 0 Å². The molecule has 0 amide bonds. The Balaban J connectivity index is 3.88. The normalized spacial score (nSPS) is 11.3. The SMILES string of the molecule is CCCCC(C)(C)C(=O)OO. The third-order valence-electron chi connectivity index (χ3n) is 1.79. The zero-order valence-corrected chi connectivity index (χ0v) is 7.39. The molecule has 0 aromatic rings. The van der Waals surface area contributed by atoms with E-state index < -0.39 is 11.4 Å². The maximum absolute atomic E-state index is 10.9. The third-order valence-corrected chi connectivity index (χ3v) is 1.79. The van der Waals surface area contributed by atoms with Crippen molar-refractivity contribution < 1.29 is 14.9 Å². The van der Waals surface area contributed by atoms with Crippen LogP contribution >= 0.6 is 0 Å². The molecule has 1 N–H and O–H groups in total. The Bertz CT molecular complexity index is 129. The van der Waals surface area contributed by atoms with E-state index in [0.717, 1.165) is 19.3 Å². The van der Waals surface area contributed by atoms with Gasteiger partial charge in [-0.2, -0.15) is 5.26 Å². The van der Waals surface area contributed by atoms with Crippen molar-refractivity contribution in [3.63, 3.8) is 0 Å². The summed E-state index contributed by atoms with van der Waals surface area (Å²) in [7, 11) is 0. The lowest BCUT2D eigenvalue weighted by Crippen LogP contribution is -2.25. The quantitative estimate of drug-likeness (QED) is 0.506. The van der Waals surface area contributed by atoms with Crippen LogP contribution in [0.15, 0.2) is 0 Å². The van der Waals surface area contributed by atoms with Crippen LogP contribution in [-0.4, -0.2) is 11.2 Å². The van der Waals surface area contributed by atoms with Crippen molar-refractivity contribution in [3.05, 3.63) is 0 Å². The molecule has 0 aliphatic carbocycles. The highest BCUT2D eigenvalue weighted by molar-refractivity contribution is 5.75. The van der Waals surface area contributed by atoms with Crippen LogP contribution in [0.5, 0.6) is 0 Å². The fourth-order valence-corrected chi connectivity index (χ4v) is 0.844. The Morgan fingerprint density at radius 1 is 1.55 bits per heavy atom. The zero-order valence-electron chi connectivity index (χ0n) is 7.39. The number of hydrogen-bond donors (Lipinski definition) is 1. The fraction of sp³-hybridized carbons (Fsp3) is 0.875. The Morgan fingerprint density at radius 2 is 2.09 bits per heavy atom. The molecule has 0 aliphatic rings. The van der Waals surface area contributed by atoms with Crippen molar-refractivity contribution >= 4 is 5.97 Å². The molecule has 0 spiro atoms. The number of unbranched alkanes of at least 4 members (excludes halogenated alkanes) is 1. The van der Waals surface area contributed by atoms with Crippen molar-refractivity contribution in [1.29, 1.82) is 0 Å². The molecule has 0 aliphatic heterocycles. The zero-order chi connectivity index (χ0) is 8.91. The van der Waals surface area contributed by atoms with Gasteiger partial charge in [0, 0.05) is 0 Å². The van der Waals surface area contributed by atoms with Gasteiger partial charge in [0.25, 0.3) is 0 Å². The largest absolute Gasteiger partial charge is 0.347 e. The lowest BCUT2D eigenvalue weighted by atomic mass is 9.87. The van der Waals surface area contributed by atoms with Crippen LogP contribution in [0.4, 0.5) is 0 Å². The minimum atomic E-state index is -0.551. The first kappa shape index (κ1) is 10.4. The Kier molecular flexibility index (Phi) is 4.11. The summed E-state index contributed by atoms with van der Waals surface area (Å²) < 4.78 is 0. The number of rotatable bonds is 4. The van der Waals surface area contributed by atoms with Crippen molar-refractivity contribution in [1.82, 2.24) is 0 Å². The predicted molar refractivity (Wildman–Crippen MR) is 42.0 cm³/mol. The van der Waals surface area contributed by atoms with Crippen LogP contribution < -0.4 is 0 Å². The monoisotopic (exact) mass is 160 g/mol. The number of carbonyl (C=O) groups is 1. The summed E-state index contributed by atoms with van der Waals surface area (Å²) in [4.78, 5) is 14.5. The van der Waals surface area contributed by atoms with Crippen LogP contribution in [0.2, 0.25) is 0 Å². The second kappa shape index (κ2) is 4.34. The molecule has 0 fully saturated rings. The van der Waals surface area contributed by atoms with Crippen LogP contribution in [0.1, 0.15) is 40.0 Å². The molecule has 0 bridgehead atoms. The van der Waals surface area contributed by atoms with Crippen molar-refractivity contribution in [2.24, 2.45) is 5.41 Å². The van der Waals surface area contributed by atoms with E-state index in [2.05, 4.69) is 11.8 Å². The smallest absolute Gasteiger partial charge is 0.300 e. The molecule has 0 rings (SSSR count). The van der Waals surface area contributed by atoms with Gasteiger partial charge in [-0.15, -0.1) is 0 Å². The van der Waals surface area contributed by atoms with E-state index in [9.17, 15) is 4.79 Å². The van der Waals surface area contributed by atoms with Gasteiger partial charge < -0.3 is 4.89 Å². The average molecular weight is 160 g/mol. The van der Waals surface area contributed by atoms with E-state index in [0.29, 0.717) is 0 Å². The lowest BCUT2D eigenvalue weighted by molar-refractivity contribution is -0.244. The highest BCUT2D eigenvalue weighted by Crippen LogP contribution is 2.24. The summed E-state index contributed by atoms with van der Waals surface area (Å²) in [6.45, 7) is 5.59. The van der Waals surface area contributed by atoms with Gasteiger partial charge in [-0.1, -0.05) is 19.8 Å². The minimum absolute atomic E-state index is 0.550. The lowest BCUT2D eigenvalue weighted by Gasteiger charge is -2.18. The van der Waals surface area contributed by atoms with E-state index in [1.165, 1.54) is 0 Å². The van der Waals surface area contributed by atoms with Crippen molar-refractivity contribution in [2.75, 3.05) is 0 Å². The van der Waals surface area contributed by atoms with Gasteiger partial charge in [-0.05, 0) is 20.3 Å². The molecule has 0 heterocycles. The molecule has 0 saturated heterocycles. The molecular formula is C8H16O3. The predicted octanol–water partition coefficient (Wildman–Crippen LogP) is 2.22. The molecule has 3 heteroatoms. The average Bonchev–Trinajstić information content (AvgIpc) is 1.99. The van der Waals surface area contributed by atoms with Gasteiger partial charge in [0.2, 0.25) is 0 Å². The number of carbonyl (C=O) groups excluding carboxylic acids is 1. The Hall–Kier alpha value is -0.570. The maximum Gasteiger partial charge on any atom is 0.347 e. The molecule has 0 saturated carbocycles. The summed E-state index contributed by atoms with van der Waals surface area (Å²) in [5.41, 5.74) is -0.551. The molecule has 11 heavy (non-hydrogen) atoms. The van der Waals surface area contributed by atoms with Crippen molar-refractivity contribution in [2.45, 2.75) is 40.0 Å². The van der Waals surface area contributed by atoms with E-state index in [4.69, 9.17) is 5.26 Å². The van der Waals surface area contributed by atoms with Crippen LogP contribution in [0.3, 0.4) is 0 Å². The van der Waals surface area contributed by atoms with Crippen LogP contribution in [0, 0.1) is 5.41 Å². The topological polar surface area (TPSA) is 46.5 Å². The van der Waals surface area contributed by atoms with Crippen LogP contribution in [0.25, 0.3) is 0 Å². The molecule has 0 aromatic heterocycles. The summed E-state index contributed by atoms with van der Waals surface area (Å²) in [5.74, 6) is -0.550. The van der Waals surface area contributed by atoms with Gasteiger partial charge in [-0.25, -0.2) is 4.79 Å². The summed E-state index contributed by atoms with van der Waals surface area (Å²) in [5, 5.41) is 8.12. The van der Waals surface area contributed by atoms with Gasteiger partial charge >= 0.3 is 5.97 Å². The number of hydrogen-bond acceptors (Lipinski definition) is 3. The second-order valence-corrected chi connectivity index (χ2v) is 3.37. The molecule has 66 valence electrons. The second-order valence-electron chi connectivity index (χ2n) is 3.37. The first-order chi connectivity index (χ1) is 5.04. The Morgan fingerprint density at radius 3 is 2.45 bits per heavy atom. The highest BCUT2D eigenvalue weighted by Gasteiger charge is 2.28. The van der Waals surface area contributed by atoms with E-state index in [1.807, 2.05) is 0 Å². The van der Waals surface area contributed by atoms with E-state index in [1.54, 1.807) is 13.8 Å². The van der Waals surface area contributed by atoms with Gasteiger partial charge in [0.15, 0.2) is 0 Å². The third kappa shape index (κ3) is 3.37. The van der Waals surface area contributed by atoms with Crippen LogP contribution in [-0.2, 0) is 9.68 Å². The fourth-order valence-electron chi connectivity index (χ4n) is 0.844.